The number of hydrogen-bond donors (Lipinski definition) is 1. The van der Waals surface area contributed by atoms with Gasteiger partial charge in [-0.2, -0.15) is 0 Å². The molecule has 0 aromatic heterocycles. The summed E-state index contributed by atoms with van der Waals surface area (Å²) in [4.78, 5) is 9.71. The second-order valence-electron chi connectivity index (χ2n) is 2.47. The Labute approximate surface area is 69.1 Å². The van der Waals surface area contributed by atoms with Gasteiger partial charge in [-0.05, 0) is 12.2 Å². The molecule has 66 valence electrons. The molecule has 0 fully saturated rings. The molecule has 1 rings (SSSR count). The molecule has 0 spiro atoms. The first kappa shape index (κ1) is 8.89. The van der Waals surface area contributed by atoms with Crippen molar-refractivity contribution in [2.24, 2.45) is 0 Å². The lowest BCUT2D eigenvalue weighted by molar-refractivity contribution is -0.420. The fourth-order valence-corrected chi connectivity index (χ4v) is 0.889. The molecule has 0 saturated carbocycles. The average Bonchev–Trinajstić information content (AvgIpc) is 2.05. The van der Waals surface area contributed by atoms with Crippen LogP contribution in [0.4, 0.5) is 0 Å². The second-order valence-corrected chi connectivity index (χ2v) is 2.47. The van der Waals surface area contributed by atoms with Crippen LogP contribution in [-0.2, 0) is 4.74 Å². The van der Waals surface area contributed by atoms with Crippen LogP contribution in [0.2, 0.25) is 0 Å². The first-order valence-electron chi connectivity index (χ1n) is 3.39. The summed E-state index contributed by atoms with van der Waals surface area (Å²) in [7, 11) is 1.34. The fourth-order valence-electron chi connectivity index (χ4n) is 0.889. The maximum Gasteiger partial charge on any atom is 0.265 e. The van der Waals surface area contributed by atoms with Crippen molar-refractivity contribution in [3.63, 3.8) is 0 Å². The van der Waals surface area contributed by atoms with Gasteiger partial charge in [-0.15, -0.1) is 0 Å². The molecule has 0 bridgehead atoms. The molecular weight excluding hydrogens is 162 g/mol. The van der Waals surface area contributed by atoms with Crippen LogP contribution in [0.15, 0.2) is 23.9 Å². The average molecular weight is 171 g/mol. The molecule has 0 saturated heterocycles. The lowest BCUT2D eigenvalue weighted by atomic mass is 10.1. The summed E-state index contributed by atoms with van der Waals surface area (Å²) in [6, 6.07) is 0. The molecule has 1 aliphatic carbocycles. The molecule has 0 aromatic rings. The Kier molecular flexibility index (Phi) is 2.25. The molecule has 0 amide bonds. The Morgan fingerprint density at radius 1 is 1.83 bits per heavy atom. The van der Waals surface area contributed by atoms with Gasteiger partial charge in [-0.1, -0.05) is 0 Å². The molecule has 5 heteroatoms. The number of nitro groups is 1. The van der Waals surface area contributed by atoms with Crippen LogP contribution in [0.5, 0.6) is 0 Å². The predicted molar refractivity (Wildman–Crippen MR) is 40.8 cm³/mol. The normalized spacial score (nSPS) is 28.3. The maximum absolute atomic E-state index is 10.2. The van der Waals surface area contributed by atoms with Gasteiger partial charge >= 0.3 is 0 Å². The predicted octanol–water partition coefficient (Wildman–Crippen LogP) is 0.442. The third-order valence-corrected chi connectivity index (χ3v) is 1.68. The van der Waals surface area contributed by atoms with E-state index in [0.717, 1.165) is 0 Å². The first-order valence-corrected chi connectivity index (χ1v) is 3.39. The molecule has 12 heavy (non-hydrogen) atoms. The molecule has 0 radical (unpaired) electrons. The SMILES string of the molecule is COC1(O)C=CC([N+](=O)[O-])=CC1. The second kappa shape index (κ2) is 3.04. The third kappa shape index (κ3) is 1.69. The summed E-state index contributed by atoms with van der Waals surface area (Å²) in [6.45, 7) is 0. The van der Waals surface area contributed by atoms with Crippen LogP contribution in [0.25, 0.3) is 0 Å². The van der Waals surface area contributed by atoms with Crippen molar-refractivity contribution in [1.82, 2.24) is 0 Å². The Bertz CT molecular complexity index is 258. The van der Waals surface area contributed by atoms with Crippen LogP contribution in [-0.4, -0.2) is 22.9 Å². The number of nitrogens with zero attached hydrogens (tertiary/aromatic N) is 1. The van der Waals surface area contributed by atoms with Gasteiger partial charge in [-0.25, -0.2) is 0 Å². The number of hydrogen-bond acceptors (Lipinski definition) is 4. The minimum Gasteiger partial charge on any atom is -0.362 e. The highest BCUT2D eigenvalue weighted by Crippen LogP contribution is 2.21. The highest BCUT2D eigenvalue weighted by molar-refractivity contribution is 5.20. The summed E-state index contributed by atoms with van der Waals surface area (Å²) >= 11 is 0. The highest BCUT2D eigenvalue weighted by atomic mass is 16.6. The molecular formula is C7H9NO4. The summed E-state index contributed by atoms with van der Waals surface area (Å²) in [5.74, 6) is -1.38. The van der Waals surface area contributed by atoms with Crippen molar-refractivity contribution in [2.45, 2.75) is 12.2 Å². The van der Waals surface area contributed by atoms with Crippen LogP contribution in [0, 0.1) is 10.1 Å². The largest absolute Gasteiger partial charge is 0.362 e. The van der Waals surface area contributed by atoms with Crippen molar-refractivity contribution < 1.29 is 14.8 Å². The van der Waals surface area contributed by atoms with E-state index in [1.165, 1.54) is 25.3 Å². The van der Waals surface area contributed by atoms with E-state index in [0.29, 0.717) is 0 Å². The summed E-state index contributed by atoms with van der Waals surface area (Å²) in [5, 5.41) is 19.6. The van der Waals surface area contributed by atoms with Crippen LogP contribution < -0.4 is 0 Å². The van der Waals surface area contributed by atoms with Gasteiger partial charge in [-0.3, -0.25) is 10.1 Å². The Morgan fingerprint density at radius 2 is 2.50 bits per heavy atom. The Balaban J connectivity index is 2.74. The van der Waals surface area contributed by atoms with E-state index in [4.69, 9.17) is 4.74 Å². The minimum atomic E-state index is -1.38. The number of methoxy groups -OCH3 is 1. The molecule has 1 unspecified atom stereocenters. The fraction of sp³-hybridized carbons (Fsp3) is 0.429. The zero-order valence-electron chi connectivity index (χ0n) is 6.56. The molecule has 5 nitrogen and oxygen atoms in total. The zero-order chi connectivity index (χ0) is 9.19. The van der Waals surface area contributed by atoms with E-state index in [9.17, 15) is 15.2 Å². The third-order valence-electron chi connectivity index (χ3n) is 1.68. The van der Waals surface area contributed by atoms with Crippen molar-refractivity contribution in [1.29, 1.82) is 0 Å². The maximum atomic E-state index is 10.2. The number of aliphatic hydroxyl groups is 1. The molecule has 0 aliphatic heterocycles. The number of rotatable bonds is 2. The highest BCUT2D eigenvalue weighted by Gasteiger charge is 2.27. The zero-order valence-corrected chi connectivity index (χ0v) is 6.56. The molecule has 1 aliphatic rings. The van der Waals surface area contributed by atoms with Gasteiger partial charge in [0.05, 0.1) is 4.92 Å². The molecule has 1 atom stereocenters. The molecule has 0 aromatic carbocycles. The topological polar surface area (TPSA) is 72.6 Å². The van der Waals surface area contributed by atoms with E-state index < -0.39 is 10.7 Å². The van der Waals surface area contributed by atoms with E-state index in [2.05, 4.69) is 0 Å². The van der Waals surface area contributed by atoms with Gasteiger partial charge in [0.1, 0.15) is 0 Å². The summed E-state index contributed by atoms with van der Waals surface area (Å²) in [6.07, 6.45) is 3.93. The molecule has 0 heterocycles. The van der Waals surface area contributed by atoms with Crippen LogP contribution in [0.3, 0.4) is 0 Å². The quantitative estimate of drug-likeness (QED) is 0.371. The van der Waals surface area contributed by atoms with Gasteiger partial charge in [0.25, 0.3) is 5.70 Å². The van der Waals surface area contributed by atoms with Crippen LogP contribution >= 0.6 is 0 Å². The monoisotopic (exact) mass is 171 g/mol. The summed E-state index contributed by atoms with van der Waals surface area (Å²) < 4.78 is 4.71. The van der Waals surface area contributed by atoms with E-state index in [1.54, 1.807) is 0 Å². The van der Waals surface area contributed by atoms with Gasteiger partial charge in [0.2, 0.25) is 0 Å². The van der Waals surface area contributed by atoms with Crippen molar-refractivity contribution >= 4 is 0 Å². The van der Waals surface area contributed by atoms with Crippen molar-refractivity contribution in [3.05, 3.63) is 34.0 Å². The number of ether oxygens (including phenoxy) is 1. The minimum absolute atomic E-state index is 0.0169. The standard InChI is InChI=1S/C7H9NO4/c1-12-7(9)4-2-6(3-5-7)8(10)11/h2-4,9H,5H2,1H3. The van der Waals surface area contributed by atoms with Crippen molar-refractivity contribution in [3.8, 4) is 0 Å². The van der Waals surface area contributed by atoms with E-state index in [1.807, 2.05) is 0 Å². The van der Waals surface area contributed by atoms with Crippen molar-refractivity contribution in [2.75, 3.05) is 7.11 Å². The first-order chi connectivity index (χ1) is 5.57. The van der Waals surface area contributed by atoms with E-state index in [-0.39, 0.29) is 12.1 Å². The Hall–Kier alpha value is -1.20. The molecule has 1 N–H and O–H groups in total. The summed E-state index contributed by atoms with van der Waals surface area (Å²) in [5.41, 5.74) is -0.0169. The lowest BCUT2D eigenvalue weighted by Gasteiger charge is -2.22. The van der Waals surface area contributed by atoms with Gasteiger partial charge in [0.15, 0.2) is 5.79 Å². The lowest BCUT2D eigenvalue weighted by Crippen LogP contribution is -2.29. The van der Waals surface area contributed by atoms with E-state index >= 15 is 0 Å². The van der Waals surface area contributed by atoms with Crippen LogP contribution in [0.1, 0.15) is 6.42 Å². The smallest absolute Gasteiger partial charge is 0.265 e. The van der Waals surface area contributed by atoms with Gasteiger partial charge in [0, 0.05) is 19.6 Å². The Morgan fingerprint density at radius 3 is 2.83 bits per heavy atom. The van der Waals surface area contributed by atoms with Gasteiger partial charge < -0.3 is 9.84 Å². The number of allylic oxidation sites excluding steroid dienone is 1.